The summed E-state index contributed by atoms with van der Waals surface area (Å²) in [6, 6.07) is 11.8. The lowest BCUT2D eigenvalue weighted by molar-refractivity contribution is -0.142. The number of benzene rings is 1. The Balaban J connectivity index is 1.24. The maximum absolute atomic E-state index is 12.7. The number of nitrogens with zero attached hydrogens (tertiary/aromatic N) is 1. The third-order valence-electron chi connectivity index (χ3n) is 7.25. The highest BCUT2D eigenvalue weighted by atomic mass is 32.1. The van der Waals surface area contributed by atoms with Crippen LogP contribution in [0.1, 0.15) is 98.4 Å². The number of amides is 1. The smallest absolute Gasteiger partial charge is 0.348 e. The molecule has 3 atom stereocenters. The molecule has 1 N–H and O–H groups in total. The van der Waals surface area contributed by atoms with Crippen LogP contribution in [-0.2, 0) is 25.4 Å². The summed E-state index contributed by atoms with van der Waals surface area (Å²) < 4.78 is 16.6. The quantitative estimate of drug-likeness (QED) is 0.240. The van der Waals surface area contributed by atoms with Crippen LogP contribution in [0.25, 0.3) is 0 Å². The second kappa shape index (κ2) is 13.2. The summed E-state index contributed by atoms with van der Waals surface area (Å²) in [7, 11) is 0. The second-order valence-corrected chi connectivity index (χ2v) is 11.9. The number of aliphatic hydroxyl groups is 1. The lowest BCUT2D eigenvalue weighted by Gasteiger charge is -2.25. The number of unbranched alkanes of at least 4 members (excludes halogenated alkanes) is 2. The Kier molecular flexibility index (Phi) is 9.98. The summed E-state index contributed by atoms with van der Waals surface area (Å²) >= 11 is 1.46. The molecule has 4 rings (SSSR count). The standard InChI is InChI=1S/C30H41NO6S/c1-4-5-6-10-26(32)21-11-13-23(14-12-21)31-22(15-18-28(31)33)8-7-9-25-16-17-27(38-25)29(34)35-19-24-20-36-30(2,3)37-24/h11-14,16-17,22,24,26,32H,4-10,15,18-20H2,1-3H3/t22-,24-,26?/m0/s1. The van der Waals surface area contributed by atoms with E-state index in [4.69, 9.17) is 14.2 Å². The number of aryl methyl sites for hydroxylation is 1. The zero-order chi connectivity index (χ0) is 27.1. The van der Waals surface area contributed by atoms with Gasteiger partial charge in [-0.1, -0.05) is 38.3 Å². The van der Waals surface area contributed by atoms with E-state index in [2.05, 4.69) is 6.92 Å². The first-order valence-electron chi connectivity index (χ1n) is 13.9. The van der Waals surface area contributed by atoms with Crippen molar-refractivity contribution in [3.63, 3.8) is 0 Å². The molecule has 8 heteroatoms. The van der Waals surface area contributed by atoms with Gasteiger partial charge in [-0.25, -0.2) is 4.79 Å². The first-order valence-corrected chi connectivity index (χ1v) is 14.7. The first kappa shape index (κ1) is 28.7. The Bertz CT molecular complexity index is 1060. The van der Waals surface area contributed by atoms with Gasteiger partial charge < -0.3 is 24.2 Å². The van der Waals surface area contributed by atoms with E-state index in [0.717, 1.165) is 67.5 Å². The Hall–Kier alpha value is -2.26. The average molecular weight is 544 g/mol. The minimum Gasteiger partial charge on any atom is -0.459 e. The summed E-state index contributed by atoms with van der Waals surface area (Å²) in [4.78, 5) is 28.8. The molecule has 7 nitrogen and oxygen atoms in total. The predicted octanol–water partition coefficient (Wildman–Crippen LogP) is 6.19. The molecule has 38 heavy (non-hydrogen) atoms. The molecular formula is C30H41NO6S. The highest BCUT2D eigenvalue weighted by Crippen LogP contribution is 2.32. The molecule has 0 radical (unpaired) electrons. The van der Waals surface area contributed by atoms with Crippen LogP contribution < -0.4 is 4.90 Å². The normalized spacial score (nSPS) is 21.7. The molecule has 2 aliphatic rings. The number of carbonyl (C=O) groups is 2. The van der Waals surface area contributed by atoms with Gasteiger partial charge in [-0.2, -0.15) is 0 Å². The molecule has 0 bridgehead atoms. The van der Waals surface area contributed by atoms with Crippen molar-refractivity contribution in [1.82, 2.24) is 0 Å². The number of thiophene rings is 1. The van der Waals surface area contributed by atoms with E-state index < -0.39 is 11.9 Å². The van der Waals surface area contributed by atoms with Crippen molar-refractivity contribution in [2.75, 3.05) is 18.1 Å². The molecule has 2 saturated heterocycles. The summed E-state index contributed by atoms with van der Waals surface area (Å²) in [5, 5.41) is 10.4. The Labute approximate surface area is 230 Å². The number of ether oxygens (including phenoxy) is 3. The van der Waals surface area contributed by atoms with Crippen LogP contribution in [0.2, 0.25) is 0 Å². The first-order chi connectivity index (χ1) is 18.3. The van der Waals surface area contributed by atoms with Crippen LogP contribution >= 0.6 is 11.3 Å². The van der Waals surface area contributed by atoms with Gasteiger partial charge in [0.15, 0.2) is 5.79 Å². The minimum absolute atomic E-state index is 0.160. The molecule has 2 fully saturated rings. The fraction of sp³-hybridized carbons (Fsp3) is 0.600. The number of carbonyl (C=O) groups excluding carboxylic acids is 2. The predicted molar refractivity (Wildman–Crippen MR) is 148 cm³/mol. The fourth-order valence-corrected chi connectivity index (χ4v) is 6.15. The van der Waals surface area contributed by atoms with E-state index in [-0.39, 0.29) is 30.6 Å². The molecule has 0 aliphatic carbocycles. The van der Waals surface area contributed by atoms with Crippen molar-refractivity contribution < 1.29 is 28.9 Å². The molecule has 1 aromatic carbocycles. The topological polar surface area (TPSA) is 85.3 Å². The van der Waals surface area contributed by atoms with Crippen molar-refractivity contribution in [3.05, 3.63) is 51.7 Å². The molecule has 1 unspecified atom stereocenters. The number of aliphatic hydroxyl groups excluding tert-OH is 1. The molecular weight excluding hydrogens is 502 g/mol. The van der Waals surface area contributed by atoms with Crippen molar-refractivity contribution in [3.8, 4) is 0 Å². The maximum Gasteiger partial charge on any atom is 0.348 e. The minimum atomic E-state index is -0.632. The van der Waals surface area contributed by atoms with Crippen LogP contribution in [0, 0.1) is 0 Å². The van der Waals surface area contributed by atoms with Crippen LogP contribution in [0.15, 0.2) is 36.4 Å². The van der Waals surface area contributed by atoms with Crippen LogP contribution in [0.4, 0.5) is 5.69 Å². The van der Waals surface area contributed by atoms with Gasteiger partial charge in [-0.3, -0.25) is 4.79 Å². The molecule has 3 heterocycles. The number of esters is 1. The largest absolute Gasteiger partial charge is 0.459 e. The van der Waals surface area contributed by atoms with Crippen molar-refractivity contribution in [1.29, 1.82) is 0 Å². The number of hydrogen-bond acceptors (Lipinski definition) is 7. The number of anilines is 1. The molecule has 1 amide bonds. The van der Waals surface area contributed by atoms with Crippen LogP contribution in [0.3, 0.4) is 0 Å². The highest BCUT2D eigenvalue weighted by molar-refractivity contribution is 7.13. The zero-order valence-electron chi connectivity index (χ0n) is 22.8. The van der Waals surface area contributed by atoms with E-state index in [1.807, 2.05) is 55.1 Å². The maximum atomic E-state index is 12.7. The van der Waals surface area contributed by atoms with E-state index in [1.54, 1.807) is 0 Å². The summed E-state index contributed by atoms with van der Waals surface area (Å²) in [5.41, 5.74) is 1.82. The summed E-state index contributed by atoms with van der Waals surface area (Å²) in [6.45, 7) is 6.45. The Morgan fingerprint density at radius 1 is 1.18 bits per heavy atom. The third-order valence-corrected chi connectivity index (χ3v) is 8.38. The van der Waals surface area contributed by atoms with Gasteiger partial charge in [0.25, 0.3) is 0 Å². The van der Waals surface area contributed by atoms with Crippen molar-refractivity contribution in [2.24, 2.45) is 0 Å². The molecule has 208 valence electrons. The van der Waals surface area contributed by atoms with E-state index >= 15 is 0 Å². The van der Waals surface area contributed by atoms with Gasteiger partial charge >= 0.3 is 5.97 Å². The van der Waals surface area contributed by atoms with Crippen LogP contribution in [0.5, 0.6) is 0 Å². The van der Waals surface area contributed by atoms with E-state index in [0.29, 0.717) is 17.9 Å². The SMILES string of the molecule is CCCCCC(O)c1ccc(N2C(=O)CC[C@@H]2CCCc2ccc(C(=O)OC[C@H]3COC(C)(C)O3)s2)cc1. The average Bonchev–Trinajstić information content (AvgIpc) is 3.61. The molecule has 0 saturated carbocycles. The lowest BCUT2D eigenvalue weighted by Crippen LogP contribution is -2.32. The summed E-state index contributed by atoms with van der Waals surface area (Å²) in [5.74, 6) is -0.805. The monoisotopic (exact) mass is 543 g/mol. The molecule has 0 spiro atoms. The molecule has 2 aliphatic heterocycles. The number of hydrogen-bond donors (Lipinski definition) is 1. The van der Waals surface area contributed by atoms with Gasteiger partial charge in [-0.15, -0.1) is 11.3 Å². The van der Waals surface area contributed by atoms with Gasteiger partial charge in [0.1, 0.15) is 17.6 Å². The van der Waals surface area contributed by atoms with Gasteiger partial charge in [0.05, 0.1) is 12.7 Å². The summed E-state index contributed by atoms with van der Waals surface area (Å²) in [6.07, 6.45) is 7.46. The Morgan fingerprint density at radius 3 is 2.68 bits per heavy atom. The van der Waals surface area contributed by atoms with E-state index in [9.17, 15) is 14.7 Å². The molecule has 2 aromatic rings. The van der Waals surface area contributed by atoms with Gasteiger partial charge in [0.2, 0.25) is 5.91 Å². The van der Waals surface area contributed by atoms with Crippen LogP contribution in [-0.4, -0.2) is 48.1 Å². The third kappa shape index (κ3) is 7.65. The van der Waals surface area contributed by atoms with Crippen molar-refractivity contribution in [2.45, 2.75) is 103 Å². The zero-order valence-corrected chi connectivity index (χ0v) is 23.6. The lowest BCUT2D eigenvalue weighted by atomic mass is 10.0. The van der Waals surface area contributed by atoms with Gasteiger partial charge in [0, 0.05) is 23.0 Å². The Morgan fingerprint density at radius 2 is 1.97 bits per heavy atom. The van der Waals surface area contributed by atoms with E-state index in [1.165, 1.54) is 11.3 Å². The number of rotatable bonds is 13. The second-order valence-electron chi connectivity index (χ2n) is 10.8. The highest BCUT2D eigenvalue weighted by Gasteiger charge is 2.34. The van der Waals surface area contributed by atoms with Crippen molar-refractivity contribution >= 4 is 28.9 Å². The molecule has 1 aromatic heterocycles. The van der Waals surface area contributed by atoms with Gasteiger partial charge in [-0.05, 0) is 75.8 Å². The fourth-order valence-electron chi connectivity index (χ4n) is 5.20.